The molecule has 2 aromatic rings. The van der Waals surface area contributed by atoms with Gasteiger partial charge in [0.15, 0.2) is 17.4 Å². The Kier molecular flexibility index (Phi) is 3.42. The molecule has 0 bridgehead atoms. The first-order chi connectivity index (χ1) is 10.8. The number of nitrogens with zero attached hydrogens (tertiary/aromatic N) is 2. The van der Waals surface area contributed by atoms with Crippen LogP contribution in [0.2, 0.25) is 0 Å². The molecule has 0 saturated carbocycles. The molecule has 7 N–H and O–H groups in total. The number of nitrogens with one attached hydrogen (secondary N) is 1. The van der Waals surface area contributed by atoms with Gasteiger partial charge in [0.05, 0.1) is 11.5 Å². The zero-order chi connectivity index (χ0) is 16.9. The Morgan fingerprint density at radius 2 is 2.35 bits per heavy atom. The molecule has 1 fully saturated rings. The van der Waals surface area contributed by atoms with E-state index in [1.54, 1.807) is 0 Å². The average molecular weight is 319 g/mol. The Bertz CT molecular complexity index is 851. The molecule has 0 spiro atoms. The van der Waals surface area contributed by atoms with Gasteiger partial charge in [-0.05, 0) is 13.0 Å². The third kappa shape index (κ3) is 2.12. The molecule has 5 atom stereocenters. The van der Waals surface area contributed by atoms with Crippen LogP contribution < -0.4 is 17.0 Å². The van der Waals surface area contributed by atoms with Gasteiger partial charge >= 0.3 is 0 Å². The van der Waals surface area contributed by atoms with Crippen molar-refractivity contribution in [1.82, 2.24) is 14.5 Å². The number of hydrogen-bond donors (Lipinski definition) is 5. The van der Waals surface area contributed by atoms with Crippen LogP contribution in [0.15, 0.2) is 17.1 Å². The van der Waals surface area contributed by atoms with E-state index in [0.717, 1.165) is 0 Å². The summed E-state index contributed by atoms with van der Waals surface area (Å²) in [6.07, 6.45) is 2.74. The van der Waals surface area contributed by atoms with Crippen molar-refractivity contribution in [1.29, 1.82) is 0 Å². The van der Waals surface area contributed by atoms with Crippen LogP contribution >= 0.6 is 0 Å². The number of rotatable bonds is 2. The number of fused-ring (bicyclic) bond motifs is 1. The van der Waals surface area contributed by atoms with E-state index >= 15 is 0 Å². The molecular weight excluding hydrogens is 302 g/mol. The van der Waals surface area contributed by atoms with E-state index in [1.807, 2.05) is 0 Å². The second kappa shape index (κ2) is 5.07. The van der Waals surface area contributed by atoms with Gasteiger partial charge in [-0.2, -0.15) is 4.98 Å². The monoisotopic (exact) mass is 319 g/mol. The number of terminal acetylenes is 1. The summed E-state index contributed by atoms with van der Waals surface area (Å²) < 4.78 is 7.11. The van der Waals surface area contributed by atoms with Crippen molar-refractivity contribution < 1.29 is 14.9 Å². The molecule has 1 unspecified atom stereocenters. The number of aliphatic hydroxyl groups is 2. The van der Waals surface area contributed by atoms with Crippen molar-refractivity contribution in [3.63, 3.8) is 0 Å². The van der Waals surface area contributed by atoms with E-state index in [9.17, 15) is 15.0 Å². The minimum absolute atomic E-state index is 0.0728. The summed E-state index contributed by atoms with van der Waals surface area (Å²) in [6.45, 7) is 1.46. The molecule has 0 amide bonds. The lowest BCUT2D eigenvalue weighted by Gasteiger charge is -2.28. The van der Waals surface area contributed by atoms with E-state index in [-0.39, 0.29) is 17.0 Å². The van der Waals surface area contributed by atoms with Crippen molar-refractivity contribution in [3.8, 4) is 12.3 Å². The standard InChI is InChI=1S/C14H17N5O4/c1-3-14(16)9(21)8(6(2)20)23-12(14)19-5-4-7-10(19)17-13(15)18-11(7)22/h1,4-6,8-9,12,20-21H,16H2,2H3,(H3,15,17,18,22)/t6-,8-,9?,12-,14-/m1/s1. The van der Waals surface area contributed by atoms with Crippen LogP contribution in [0.3, 0.4) is 0 Å². The molecule has 3 heterocycles. The summed E-state index contributed by atoms with van der Waals surface area (Å²) in [6, 6.07) is 1.52. The molecule has 1 aliphatic heterocycles. The highest BCUT2D eigenvalue weighted by molar-refractivity contribution is 5.76. The normalized spacial score (nSPS) is 32.0. The maximum absolute atomic E-state index is 11.9. The lowest BCUT2D eigenvalue weighted by Crippen LogP contribution is -2.54. The van der Waals surface area contributed by atoms with Crippen LogP contribution in [-0.4, -0.2) is 48.6 Å². The number of ether oxygens (including phenoxy) is 1. The zero-order valence-electron chi connectivity index (χ0n) is 12.3. The summed E-state index contributed by atoms with van der Waals surface area (Å²) >= 11 is 0. The summed E-state index contributed by atoms with van der Waals surface area (Å²) in [5.74, 6) is 2.26. The SMILES string of the molecule is C#C[C@@]1(N)C(O)[C@@H]([C@@H](C)O)O[C@H]1n1ccc2c(=O)[nH]c(N)nc21. The molecule has 1 saturated heterocycles. The summed E-state index contributed by atoms with van der Waals surface area (Å²) in [5, 5.41) is 20.4. The maximum atomic E-state index is 11.9. The van der Waals surface area contributed by atoms with E-state index in [2.05, 4.69) is 15.9 Å². The van der Waals surface area contributed by atoms with Gasteiger partial charge in [-0.1, -0.05) is 5.92 Å². The van der Waals surface area contributed by atoms with Gasteiger partial charge in [0.2, 0.25) is 5.95 Å². The lowest BCUT2D eigenvalue weighted by molar-refractivity contribution is -0.0755. The van der Waals surface area contributed by atoms with Crippen molar-refractivity contribution in [3.05, 3.63) is 22.6 Å². The summed E-state index contributed by atoms with van der Waals surface area (Å²) in [4.78, 5) is 18.4. The number of H-pyrrole nitrogens is 1. The van der Waals surface area contributed by atoms with Crippen LogP contribution in [0, 0.1) is 12.3 Å². The Morgan fingerprint density at radius 3 is 2.96 bits per heavy atom. The first kappa shape index (κ1) is 15.5. The van der Waals surface area contributed by atoms with Gasteiger partial charge in [-0.25, -0.2) is 0 Å². The van der Waals surface area contributed by atoms with Crippen molar-refractivity contribution in [2.24, 2.45) is 5.73 Å². The molecule has 9 nitrogen and oxygen atoms in total. The number of hydrogen-bond acceptors (Lipinski definition) is 7. The minimum Gasteiger partial charge on any atom is -0.391 e. The van der Waals surface area contributed by atoms with Crippen LogP contribution in [0.25, 0.3) is 11.0 Å². The minimum atomic E-state index is -1.60. The second-order valence-corrected chi connectivity index (χ2v) is 5.63. The predicted molar refractivity (Wildman–Crippen MR) is 82.1 cm³/mol. The number of nitrogens with two attached hydrogens (primary N) is 2. The lowest BCUT2D eigenvalue weighted by atomic mass is 9.90. The molecule has 0 radical (unpaired) electrons. The number of anilines is 1. The molecule has 9 heteroatoms. The first-order valence-corrected chi connectivity index (χ1v) is 6.94. The van der Waals surface area contributed by atoms with E-state index in [4.69, 9.17) is 22.6 Å². The highest BCUT2D eigenvalue weighted by Gasteiger charge is 2.55. The number of nitrogen functional groups attached to an aromatic ring is 1. The zero-order valence-corrected chi connectivity index (χ0v) is 12.3. The quantitative estimate of drug-likeness (QED) is 0.413. The highest BCUT2D eigenvalue weighted by Crippen LogP contribution is 2.38. The molecule has 1 aliphatic rings. The predicted octanol–water partition coefficient (Wildman–Crippen LogP) is -1.72. The molecule has 122 valence electrons. The van der Waals surface area contributed by atoms with Gasteiger partial charge in [-0.3, -0.25) is 9.78 Å². The van der Waals surface area contributed by atoms with Gasteiger partial charge in [0, 0.05) is 6.20 Å². The summed E-state index contributed by atoms with van der Waals surface area (Å²) in [5.41, 5.74) is 9.92. The molecule has 3 rings (SSSR count). The number of aliphatic hydroxyl groups excluding tert-OH is 2. The van der Waals surface area contributed by atoms with Crippen LogP contribution in [0.1, 0.15) is 13.2 Å². The average Bonchev–Trinajstić information content (AvgIpc) is 3.00. The van der Waals surface area contributed by atoms with Gasteiger partial charge in [0.25, 0.3) is 5.56 Å². The van der Waals surface area contributed by atoms with Crippen molar-refractivity contribution >= 4 is 17.0 Å². The molecule has 2 aromatic heterocycles. The fourth-order valence-corrected chi connectivity index (χ4v) is 2.83. The Balaban J connectivity index is 2.18. The largest absolute Gasteiger partial charge is 0.391 e. The number of aromatic amines is 1. The fourth-order valence-electron chi connectivity index (χ4n) is 2.83. The van der Waals surface area contributed by atoms with Gasteiger partial charge in [0.1, 0.15) is 12.2 Å². The summed E-state index contributed by atoms with van der Waals surface area (Å²) in [7, 11) is 0. The van der Waals surface area contributed by atoms with Crippen molar-refractivity contribution in [2.75, 3.05) is 5.73 Å². The van der Waals surface area contributed by atoms with Crippen LogP contribution in [0.4, 0.5) is 5.95 Å². The molecule has 23 heavy (non-hydrogen) atoms. The van der Waals surface area contributed by atoms with E-state index in [1.165, 1.54) is 23.8 Å². The third-order valence-electron chi connectivity index (χ3n) is 4.07. The Hall–Kier alpha value is -2.38. The number of aromatic nitrogens is 3. The Morgan fingerprint density at radius 1 is 1.65 bits per heavy atom. The Labute approximate surface area is 130 Å². The van der Waals surface area contributed by atoms with E-state index < -0.39 is 35.6 Å². The molecule has 0 aromatic carbocycles. The van der Waals surface area contributed by atoms with Crippen LogP contribution in [-0.2, 0) is 4.74 Å². The topological polar surface area (TPSA) is 152 Å². The van der Waals surface area contributed by atoms with Crippen molar-refractivity contribution in [2.45, 2.75) is 37.0 Å². The third-order valence-corrected chi connectivity index (χ3v) is 4.07. The molecular formula is C14H17N5O4. The first-order valence-electron chi connectivity index (χ1n) is 6.94. The van der Waals surface area contributed by atoms with E-state index in [0.29, 0.717) is 0 Å². The smallest absolute Gasteiger partial charge is 0.261 e. The fraction of sp³-hybridized carbons (Fsp3) is 0.429. The second-order valence-electron chi connectivity index (χ2n) is 5.63. The van der Waals surface area contributed by atoms with Gasteiger partial charge < -0.3 is 31.0 Å². The van der Waals surface area contributed by atoms with Crippen LogP contribution in [0.5, 0.6) is 0 Å². The molecule has 0 aliphatic carbocycles. The van der Waals surface area contributed by atoms with Gasteiger partial charge in [-0.15, -0.1) is 6.42 Å². The maximum Gasteiger partial charge on any atom is 0.261 e. The highest BCUT2D eigenvalue weighted by atomic mass is 16.5.